The molecule has 0 heterocycles. The Labute approximate surface area is 151 Å². The Morgan fingerprint density at radius 2 is 1.25 bits per heavy atom. The monoisotopic (exact) mass is 400 g/mol. The normalized spacial score (nSPS) is 12.8. The Morgan fingerprint density at radius 1 is 0.792 bits per heavy atom. The van der Waals surface area contributed by atoms with Crippen LogP contribution in [0.2, 0.25) is 0 Å². The second kappa shape index (κ2) is 7.48. The summed E-state index contributed by atoms with van der Waals surface area (Å²) in [5.74, 6) is 0. The summed E-state index contributed by atoms with van der Waals surface area (Å²) in [5.41, 5.74) is 0.976. The standard InChI is InChI=1S/C20H18BrO2P/c1-16(19-14-8-9-15-20(19)21)23-24(22,17-10-4-2-5-11-17)18-12-6-3-7-13-18/h2-16H,1H3. The van der Waals surface area contributed by atoms with Gasteiger partial charge in [-0.25, -0.2) is 0 Å². The van der Waals surface area contributed by atoms with Gasteiger partial charge in [-0.15, -0.1) is 0 Å². The third-order valence-corrected chi connectivity index (χ3v) is 7.13. The first-order chi connectivity index (χ1) is 11.6. The van der Waals surface area contributed by atoms with E-state index >= 15 is 0 Å². The maximum atomic E-state index is 13.9. The number of hydrogen-bond acceptors (Lipinski definition) is 2. The Bertz CT molecular complexity index is 806. The van der Waals surface area contributed by atoms with Crippen LogP contribution in [0, 0.1) is 0 Å². The molecule has 0 aromatic heterocycles. The first-order valence-electron chi connectivity index (χ1n) is 7.75. The van der Waals surface area contributed by atoms with Crippen LogP contribution in [0.4, 0.5) is 0 Å². The maximum Gasteiger partial charge on any atom is 0.261 e. The van der Waals surface area contributed by atoms with Crippen LogP contribution in [0.1, 0.15) is 18.6 Å². The minimum atomic E-state index is -3.19. The molecule has 0 radical (unpaired) electrons. The largest absolute Gasteiger partial charge is 0.314 e. The molecule has 0 spiro atoms. The lowest BCUT2D eigenvalue weighted by Gasteiger charge is -2.24. The van der Waals surface area contributed by atoms with Gasteiger partial charge in [0.2, 0.25) is 0 Å². The van der Waals surface area contributed by atoms with Crippen molar-refractivity contribution in [3.8, 4) is 0 Å². The van der Waals surface area contributed by atoms with Crippen molar-refractivity contribution < 1.29 is 9.09 Å². The topological polar surface area (TPSA) is 26.3 Å². The van der Waals surface area contributed by atoms with E-state index in [-0.39, 0.29) is 6.10 Å². The van der Waals surface area contributed by atoms with Crippen LogP contribution in [0.25, 0.3) is 0 Å². The highest BCUT2D eigenvalue weighted by Crippen LogP contribution is 2.49. The molecule has 1 unspecified atom stereocenters. The molecule has 0 fully saturated rings. The molecule has 0 saturated carbocycles. The summed E-state index contributed by atoms with van der Waals surface area (Å²) in [5, 5.41) is 1.41. The van der Waals surface area contributed by atoms with E-state index in [1.54, 1.807) is 0 Å². The second-order valence-corrected chi connectivity index (χ2v) is 8.69. The molecular weight excluding hydrogens is 383 g/mol. The molecular formula is C20H18BrO2P. The third kappa shape index (κ3) is 3.54. The average Bonchev–Trinajstić information content (AvgIpc) is 2.63. The first-order valence-corrected chi connectivity index (χ1v) is 10.2. The Balaban J connectivity index is 2.04. The highest BCUT2D eigenvalue weighted by atomic mass is 79.9. The van der Waals surface area contributed by atoms with Gasteiger partial charge in [-0.1, -0.05) is 70.5 Å². The molecule has 0 aliphatic carbocycles. The van der Waals surface area contributed by atoms with Crippen LogP contribution >= 0.6 is 23.3 Å². The maximum absolute atomic E-state index is 13.9. The Morgan fingerprint density at radius 3 is 1.75 bits per heavy atom. The molecule has 2 nitrogen and oxygen atoms in total. The molecule has 0 N–H and O–H groups in total. The molecule has 0 saturated heterocycles. The van der Waals surface area contributed by atoms with Gasteiger partial charge in [0.25, 0.3) is 7.37 Å². The molecule has 122 valence electrons. The number of benzene rings is 3. The fourth-order valence-corrected chi connectivity index (χ4v) is 5.44. The van der Waals surface area contributed by atoms with Crippen molar-refractivity contribution in [2.75, 3.05) is 0 Å². The van der Waals surface area contributed by atoms with Crippen molar-refractivity contribution in [3.63, 3.8) is 0 Å². The molecule has 0 aliphatic rings. The van der Waals surface area contributed by atoms with Crippen molar-refractivity contribution >= 4 is 33.9 Å². The number of rotatable bonds is 5. The molecule has 3 aromatic carbocycles. The zero-order valence-electron chi connectivity index (χ0n) is 13.3. The summed E-state index contributed by atoms with van der Waals surface area (Å²) in [4.78, 5) is 0. The molecule has 0 amide bonds. The van der Waals surface area contributed by atoms with E-state index in [2.05, 4.69) is 15.9 Å². The van der Waals surface area contributed by atoms with Crippen molar-refractivity contribution in [2.45, 2.75) is 13.0 Å². The summed E-state index contributed by atoms with van der Waals surface area (Å²) in [7, 11) is -3.19. The van der Waals surface area contributed by atoms with Gasteiger partial charge in [0.1, 0.15) is 0 Å². The Kier molecular flexibility index (Phi) is 5.35. The second-order valence-electron chi connectivity index (χ2n) is 5.49. The van der Waals surface area contributed by atoms with Crippen molar-refractivity contribution in [1.82, 2.24) is 0 Å². The van der Waals surface area contributed by atoms with Gasteiger partial charge < -0.3 is 4.52 Å². The van der Waals surface area contributed by atoms with E-state index in [0.717, 1.165) is 10.0 Å². The van der Waals surface area contributed by atoms with E-state index in [1.165, 1.54) is 0 Å². The van der Waals surface area contributed by atoms with Gasteiger partial charge in [0, 0.05) is 15.1 Å². The van der Waals surface area contributed by atoms with Crippen LogP contribution in [0.5, 0.6) is 0 Å². The minimum absolute atomic E-state index is 0.313. The van der Waals surface area contributed by atoms with Crippen LogP contribution in [0.3, 0.4) is 0 Å². The zero-order valence-corrected chi connectivity index (χ0v) is 15.8. The molecule has 1 atom stereocenters. The quantitative estimate of drug-likeness (QED) is 0.531. The minimum Gasteiger partial charge on any atom is -0.314 e. The lowest BCUT2D eigenvalue weighted by Crippen LogP contribution is -2.19. The Hall–Kier alpha value is -1.67. The van der Waals surface area contributed by atoms with Crippen molar-refractivity contribution in [3.05, 3.63) is 95.0 Å². The number of hydrogen-bond donors (Lipinski definition) is 0. The molecule has 24 heavy (non-hydrogen) atoms. The highest BCUT2D eigenvalue weighted by Gasteiger charge is 2.31. The van der Waals surface area contributed by atoms with Gasteiger partial charge in [-0.3, -0.25) is 4.57 Å². The highest BCUT2D eigenvalue weighted by molar-refractivity contribution is 9.10. The molecule has 0 aliphatic heterocycles. The van der Waals surface area contributed by atoms with E-state index in [0.29, 0.717) is 10.6 Å². The fourth-order valence-electron chi connectivity index (χ4n) is 2.60. The third-order valence-electron chi connectivity index (χ3n) is 3.84. The van der Waals surface area contributed by atoms with Crippen molar-refractivity contribution in [1.29, 1.82) is 0 Å². The van der Waals surface area contributed by atoms with Gasteiger partial charge >= 0.3 is 0 Å². The SMILES string of the molecule is CC(OP(=O)(c1ccccc1)c1ccccc1)c1ccccc1Br. The number of halogens is 1. The van der Waals surface area contributed by atoms with Gasteiger partial charge in [0.15, 0.2) is 0 Å². The van der Waals surface area contributed by atoms with E-state index in [9.17, 15) is 4.57 Å². The molecule has 3 rings (SSSR count). The summed E-state index contributed by atoms with van der Waals surface area (Å²) < 4.78 is 21.0. The zero-order chi connectivity index (χ0) is 17.0. The van der Waals surface area contributed by atoms with Crippen molar-refractivity contribution in [2.24, 2.45) is 0 Å². The van der Waals surface area contributed by atoms with Crippen LogP contribution in [-0.2, 0) is 9.09 Å². The van der Waals surface area contributed by atoms with Crippen LogP contribution < -0.4 is 10.6 Å². The predicted molar refractivity (Wildman–Crippen MR) is 103 cm³/mol. The molecule has 0 bridgehead atoms. The molecule has 4 heteroatoms. The molecule has 3 aromatic rings. The van der Waals surface area contributed by atoms with Gasteiger partial charge in [-0.2, -0.15) is 0 Å². The first kappa shape index (κ1) is 17.2. The van der Waals surface area contributed by atoms with Crippen LogP contribution in [-0.4, -0.2) is 0 Å². The van der Waals surface area contributed by atoms with Gasteiger partial charge in [0.05, 0.1) is 6.10 Å². The van der Waals surface area contributed by atoms with E-state index in [4.69, 9.17) is 4.52 Å². The average molecular weight is 401 g/mol. The van der Waals surface area contributed by atoms with E-state index < -0.39 is 7.37 Å². The smallest absolute Gasteiger partial charge is 0.261 e. The summed E-state index contributed by atoms with van der Waals surface area (Å²) in [6.07, 6.45) is -0.313. The lowest BCUT2D eigenvalue weighted by molar-refractivity contribution is 0.238. The lowest BCUT2D eigenvalue weighted by atomic mass is 10.1. The van der Waals surface area contributed by atoms with E-state index in [1.807, 2.05) is 91.9 Å². The fraction of sp³-hybridized carbons (Fsp3) is 0.100. The van der Waals surface area contributed by atoms with Crippen LogP contribution in [0.15, 0.2) is 89.4 Å². The predicted octanol–water partition coefficient (Wildman–Crippen LogP) is 5.46. The van der Waals surface area contributed by atoms with Gasteiger partial charge in [-0.05, 0) is 42.8 Å². The summed E-state index contributed by atoms with van der Waals surface area (Å²) >= 11 is 3.55. The summed E-state index contributed by atoms with van der Waals surface area (Å²) in [6, 6.07) is 26.7. The summed E-state index contributed by atoms with van der Waals surface area (Å²) in [6.45, 7) is 1.93.